The first-order valence-electron chi connectivity index (χ1n) is 7.35. The van der Waals surface area contributed by atoms with Gasteiger partial charge in [-0.3, -0.25) is 10.1 Å². The van der Waals surface area contributed by atoms with E-state index in [1.165, 1.54) is 18.4 Å². The lowest BCUT2D eigenvalue weighted by molar-refractivity contribution is -0.131. The number of rotatable bonds is 2. The summed E-state index contributed by atoms with van der Waals surface area (Å²) in [6.07, 6.45) is 4.87. The number of amides is 1. The van der Waals surface area contributed by atoms with Crippen molar-refractivity contribution in [3.63, 3.8) is 0 Å². The van der Waals surface area contributed by atoms with Gasteiger partial charge in [-0.2, -0.15) is 0 Å². The molecule has 1 atom stereocenters. The van der Waals surface area contributed by atoms with Crippen molar-refractivity contribution in [1.29, 1.82) is 0 Å². The molecule has 1 aromatic carbocycles. The van der Waals surface area contributed by atoms with Crippen LogP contribution in [-0.4, -0.2) is 23.4 Å². The summed E-state index contributed by atoms with van der Waals surface area (Å²) in [5.41, 5.74) is 1.20. The molecule has 0 spiro atoms. The number of nitrogens with one attached hydrogen (secondary N) is 1. The maximum Gasteiger partial charge on any atom is 0.238 e. The van der Waals surface area contributed by atoms with Crippen molar-refractivity contribution in [2.24, 2.45) is 5.92 Å². The average Bonchev–Trinajstić information content (AvgIpc) is 2.83. The monoisotopic (exact) mass is 258 g/mol. The molecular weight excluding hydrogens is 236 g/mol. The molecular formula is C16H22N2O. The van der Waals surface area contributed by atoms with E-state index in [2.05, 4.69) is 29.3 Å². The summed E-state index contributed by atoms with van der Waals surface area (Å²) in [5.74, 6) is 1.07. The maximum absolute atomic E-state index is 12.2. The molecule has 1 saturated heterocycles. The SMILES string of the molecule is CC1CCC(N2C(=O)CNC2c2ccccc2)CC1. The summed E-state index contributed by atoms with van der Waals surface area (Å²) in [7, 11) is 0. The zero-order valence-corrected chi connectivity index (χ0v) is 11.5. The first-order chi connectivity index (χ1) is 9.25. The minimum atomic E-state index is 0.0760. The number of benzene rings is 1. The Morgan fingerprint density at radius 3 is 2.47 bits per heavy atom. The lowest BCUT2D eigenvalue weighted by atomic mass is 9.86. The van der Waals surface area contributed by atoms with Gasteiger partial charge in [-0.25, -0.2) is 0 Å². The number of hydrogen-bond acceptors (Lipinski definition) is 2. The smallest absolute Gasteiger partial charge is 0.238 e. The highest BCUT2D eigenvalue weighted by molar-refractivity contribution is 5.81. The van der Waals surface area contributed by atoms with Crippen LogP contribution in [0, 0.1) is 5.92 Å². The van der Waals surface area contributed by atoms with E-state index in [0.717, 1.165) is 18.8 Å². The number of carbonyl (C=O) groups is 1. The Kier molecular flexibility index (Phi) is 3.56. The van der Waals surface area contributed by atoms with E-state index in [0.29, 0.717) is 12.6 Å². The fourth-order valence-corrected chi connectivity index (χ4v) is 3.37. The molecule has 1 aliphatic carbocycles. The molecule has 2 aliphatic rings. The van der Waals surface area contributed by atoms with Crippen LogP contribution in [0.15, 0.2) is 30.3 Å². The Morgan fingerprint density at radius 1 is 1.11 bits per heavy atom. The lowest BCUT2D eigenvalue weighted by Gasteiger charge is -2.37. The van der Waals surface area contributed by atoms with Crippen LogP contribution in [0.1, 0.15) is 44.3 Å². The molecule has 19 heavy (non-hydrogen) atoms. The van der Waals surface area contributed by atoms with E-state index in [-0.39, 0.29) is 12.1 Å². The van der Waals surface area contributed by atoms with Crippen molar-refractivity contribution in [2.75, 3.05) is 6.54 Å². The molecule has 0 bridgehead atoms. The fourth-order valence-electron chi connectivity index (χ4n) is 3.37. The van der Waals surface area contributed by atoms with Gasteiger partial charge in [0.2, 0.25) is 5.91 Å². The molecule has 1 unspecified atom stereocenters. The van der Waals surface area contributed by atoms with Crippen LogP contribution in [0.25, 0.3) is 0 Å². The van der Waals surface area contributed by atoms with Gasteiger partial charge in [0.05, 0.1) is 6.54 Å². The molecule has 1 aliphatic heterocycles. The van der Waals surface area contributed by atoms with Crippen molar-refractivity contribution >= 4 is 5.91 Å². The minimum absolute atomic E-state index is 0.0760. The van der Waals surface area contributed by atoms with E-state index in [1.54, 1.807) is 0 Å². The van der Waals surface area contributed by atoms with Crippen molar-refractivity contribution < 1.29 is 4.79 Å². The standard InChI is InChI=1S/C16H22N2O/c1-12-7-9-14(10-8-12)18-15(19)11-17-16(18)13-5-3-2-4-6-13/h2-6,12,14,16-17H,7-11H2,1H3. The number of carbonyl (C=O) groups excluding carboxylic acids is 1. The molecule has 1 saturated carbocycles. The normalized spacial score (nSPS) is 31.7. The van der Waals surface area contributed by atoms with Crippen LogP contribution >= 0.6 is 0 Å². The summed E-state index contributed by atoms with van der Waals surface area (Å²) in [4.78, 5) is 14.3. The summed E-state index contributed by atoms with van der Waals surface area (Å²) < 4.78 is 0. The van der Waals surface area contributed by atoms with Gasteiger partial charge in [0.15, 0.2) is 0 Å². The maximum atomic E-state index is 12.2. The first-order valence-corrected chi connectivity index (χ1v) is 7.35. The Bertz CT molecular complexity index is 437. The third-order valence-electron chi connectivity index (χ3n) is 4.51. The van der Waals surface area contributed by atoms with Crippen LogP contribution in [-0.2, 0) is 4.79 Å². The van der Waals surface area contributed by atoms with Crippen LogP contribution < -0.4 is 5.32 Å². The van der Waals surface area contributed by atoms with Crippen LogP contribution in [0.5, 0.6) is 0 Å². The molecule has 3 rings (SSSR count). The number of nitrogens with zero attached hydrogens (tertiary/aromatic N) is 1. The van der Waals surface area contributed by atoms with Crippen molar-refractivity contribution in [1.82, 2.24) is 10.2 Å². The van der Waals surface area contributed by atoms with E-state index in [1.807, 2.05) is 18.2 Å². The molecule has 102 valence electrons. The van der Waals surface area contributed by atoms with Crippen molar-refractivity contribution in [3.05, 3.63) is 35.9 Å². The molecule has 3 nitrogen and oxygen atoms in total. The number of hydrogen-bond donors (Lipinski definition) is 1. The van der Waals surface area contributed by atoms with E-state index >= 15 is 0 Å². The Morgan fingerprint density at radius 2 is 1.79 bits per heavy atom. The highest BCUT2D eigenvalue weighted by Crippen LogP contribution is 2.33. The van der Waals surface area contributed by atoms with Crippen LogP contribution in [0.4, 0.5) is 0 Å². The van der Waals surface area contributed by atoms with Gasteiger partial charge in [0.25, 0.3) is 0 Å². The van der Waals surface area contributed by atoms with Crippen molar-refractivity contribution in [3.8, 4) is 0 Å². The second-order valence-corrected chi connectivity index (χ2v) is 5.91. The third kappa shape index (κ3) is 2.52. The largest absolute Gasteiger partial charge is 0.319 e. The second kappa shape index (κ2) is 5.33. The van der Waals surface area contributed by atoms with Gasteiger partial charge in [-0.1, -0.05) is 37.3 Å². The lowest BCUT2D eigenvalue weighted by Crippen LogP contribution is -2.41. The highest BCUT2D eigenvalue weighted by Gasteiger charge is 2.37. The highest BCUT2D eigenvalue weighted by atomic mass is 16.2. The third-order valence-corrected chi connectivity index (χ3v) is 4.51. The molecule has 0 radical (unpaired) electrons. The quantitative estimate of drug-likeness (QED) is 0.884. The van der Waals surface area contributed by atoms with Crippen molar-refractivity contribution in [2.45, 2.75) is 44.8 Å². The van der Waals surface area contributed by atoms with E-state index in [9.17, 15) is 4.79 Å². The van der Waals surface area contributed by atoms with Gasteiger partial charge in [0, 0.05) is 6.04 Å². The minimum Gasteiger partial charge on any atom is -0.319 e. The molecule has 3 heteroatoms. The van der Waals surface area contributed by atoms with Crippen LogP contribution in [0.3, 0.4) is 0 Å². The Hall–Kier alpha value is -1.35. The molecule has 1 aromatic rings. The Balaban J connectivity index is 1.79. The summed E-state index contributed by atoms with van der Waals surface area (Å²) in [5, 5.41) is 3.36. The molecule has 1 N–H and O–H groups in total. The zero-order valence-electron chi connectivity index (χ0n) is 11.5. The van der Waals surface area contributed by atoms with Crippen LogP contribution in [0.2, 0.25) is 0 Å². The van der Waals surface area contributed by atoms with Gasteiger partial charge in [-0.15, -0.1) is 0 Å². The fraction of sp³-hybridized carbons (Fsp3) is 0.562. The predicted molar refractivity (Wildman–Crippen MR) is 75.5 cm³/mol. The summed E-state index contributed by atoms with van der Waals surface area (Å²) >= 11 is 0. The Labute approximate surface area is 115 Å². The molecule has 2 fully saturated rings. The zero-order chi connectivity index (χ0) is 13.2. The first kappa shape index (κ1) is 12.7. The summed E-state index contributed by atoms with van der Waals surface area (Å²) in [6.45, 7) is 2.79. The predicted octanol–water partition coefficient (Wildman–Crippen LogP) is 2.70. The van der Waals surface area contributed by atoms with E-state index in [4.69, 9.17) is 0 Å². The van der Waals surface area contributed by atoms with Gasteiger partial charge in [-0.05, 0) is 37.2 Å². The molecule has 1 heterocycles. The second-order valence-electron chi connectivity index (χ2n) is 5.91. The summed E-state index contributed by atoms with van der Waals surface area (Å²) in [6, 6.07) is 10.7. The topological polar surface area (TPSA) is 32.3 Å². The molecule has 0 aromatic heterocycles. The van der Waals surface area contributed by atoms with Gasteiger partial charge < -0.3 is 4.90 Å². The van der Waals surface area contributed by atoms with E-state index < -0.39 is 0 Å². The van der Waals surface area contributed by atoms with Gasteiger partial charge >= 0.3 is 0 Å². The average molecular weight is 258 g/mol. The van der Waals surface area contributed by atoms with Gasteiger partial charge in [0.1, 0.15) is 6.17 Å². The molecule has 1 amide bonds.